The third-order valence-corrected chi connectivity index (χ3v) is 9.91. The smallest absolute Gasteiger partial charge is 0.191 e. The van der Waals surface area contributed by atoms with Gasteiger partial charge in [-0.25, -0.2) is 18.4 Å². The molecule has 2 aliphatic rings. The summed E-state index contributed by atoms with van der Waals surface area (Å²) in [4.78, 5) is 11.8. The Morgan fingerprint density at radius 1 is 1.20 bits per heavy atom. The topological polar surface area (TPSA) is 117 Å². The van der Waals surface area contributed by atoms with E-state index in [1.54, 1.807) is 11.3 Å². The van der Waals surface area contributed by atoms with E-state index in [9.17, 15) is 8.42 Å². The highest BCUT2D eigenvalue weighted by Gasteiger charge is 2.32. The van der Waals surface area contributed by atoms with Gasteiger partial charge in [0.25, 0.3) is 0 Å². The largest absolute Gasteiger partial charge is 0.383 e. The predicted octanol–water partition coefficient (Wildman–Crippen LogP) is 2.87. The van der Waals surface area contributed by atoms with Gasteiger partial charge in [-0.3, -0.25) is 0 Å². The average Bonchev–Trinajstić information content (AvgIpc) is 3.30. The monoisotopic (exact) mass is 464 g/mol. The van der Waals surface area contributed by atoms with Gasteiger partial charge in [-0.15, -0.1) is 21.5 Å². The Hall–Kier alpha value is -1.72. The number of aryl methyl sites for hydroxylation is 2. The lowest BCUT2D eigenvalue weighted by Gasteiger charge is -2.08. The van der Waals surface area contributed by atoms with Crippen LogP contribution in [0.25, 0.3) is 10.2 Å². The summed E-state index contributed by atoms with van der Waals surface area (Å²) in [6.07, 6.45) is 6.48. The number of fused-ring (bicyclic) bond motifs is 3. The van der Waals surface area contributed by atoms with Crippen molar-refractivity contribution in [3.05, 3.63) is 22.1 Å². The highest BCUT2D eigenvalue weighted by atomic mass is 32.2. The molecule has 160 valence electrons. The van der Waals surface area contributed by atoms with Crippen LogP contribution in [0.15, 0.2) is 5.16 Å². The number of nitrogens with zero attached hydrogens (tertiary/aromatic N) is 5. The van der Waals surface area contributed by atoms with E-state index >= 15 is 0 Å². The summed E-state index contributed by atoms with van der Waals surface area (Å²) in [7, 11) is -1.07. The van der Waals surface area contributed by atoms with Crippen LogP contribution < -0.4 is 5.73 Å². The van der Waals surface area contributed by atoms with Crippen LogP contribution in [0.5, 0.6) is 0 Å². The Balaban J connectivity index is 1.36. The molecule has 5 rings (SSSR count). The fourth-order valence-corrected chi connectivity index (χ4v) is 8.21. The summed E-state index contributed by atoms with van der Waals surface area (Å²) in [6.45, 7) is 0. The zero-order valence-corrected chi connectivity index (χ0v) is 19.2. The van der Waals surface area contributed by atoms with Gasteiger partial charge in [-0.2, -0.15) is 0 Å². The quantitative estimate of drug-likeness (QED) is 0.463. The van der Waals surface area contributed by atoms with Crippen molar-refractivity contribution in [1.82, 2.24) is 24.7 Å². The van der Waals surface area contributed by atoms with E-state index in [1.807, 2.05) is 11.6 Å². The second-order valence-electron chi connectivity index (χ2n) is 8.06. The highest BCUT2D eigenvalue weighted by molar-refractivity contribution is 7.98. The number of anilines is 1. The molecular weight excluding hydrogens is 440 g/mol. The molecule has 1 unspecified atom stereocenters. The van der Waals surface area contributed by atoms with E-state index in [0.717, 1.165) is 34.0 Å². The first-order chi connectivity index (χ1) is 14.4. The van der Waals surface area contributed by atoms with E-state index in [2.05, 4.69) is 15.2 Å². The van der Waals surface area contributed by atoms with Gasteiger partial charge in [0.2, 0.25) is 0 Å². The van der Waals surface area contributed by atoms with Gasteiger partial charge in [0.15, 0.2) is 15.0 Å². The lowest BCUT2D eigenvalue weighted by Crippen LogP contribution is -2.09. The van der Waals surface area contributed by atoms with Gasteiger partial charge in [0.1, 0.15) is 22.3 Å². The molecule has 0 spiro atoms. The number of thiophene rings is 1. The van der Waals surface area contributed by atoms with Crippen LogP contribution >= 0.6 is 23.1 Å². The molecule has 3 aromatic heterocycles. The van der Waals surface area contributed by atoms with Crippen molar-refractivity contribution in [1.29, 1.82) is 0 Å². The second kappa shape index (κ2) is 7.76. The molecule has 0 bridgehead atoms. The number of rotatable bonds is 4. The molecule has 0 radical (unpaired) electrons. The predicted molar refractivity (Wildman–Crippen MR) is 120 cm³/mol. The van der Waals surface area contributed by atoms with E-state index in [1.165, 1.54) is 41.5 Å². The number of aromatic nitrogens is 5. The van der Waals surface area contributed by atoms with Crippen LogP contribution in [0.1, 0.15) is 53.7 Å². The van der Waals surface area contributed by atoms with Crippen LogP contribution in [0.2, 0.25) is 0 Å². The van der Waals surface area contributed by atoms with E-state index in [0.29, 0.717) is 23.8 Å². The first kappa shape index (κ1) is 20.2. The molecule has 1 aliphatic carbocycles. The van der Waals surface area contributed by atoms with Gasteiger partial charge >= 0.3 is 0 Å². The average molecular weight is 465 g/mol. The zero-order chi connectivity index (χ0) is 20.9. The maximum Gasteiger partial charge on any atom is 0.191 e. The van der Waals surface area contributed by atoms with Gasteiger partial charge in [0, 0.05) is 17.8 Å². The fraction of sp³-hybridized carbons (Fsp3) is 0.579. The van der Waals surface area contributed by atoms with Gasteiger partial charge in [-0.05, 0) is 37.7 Å². The molecule has 0 saturated carbocycles. The molecule has 0 aromatic carbocycles. The Morgan fingerprint density at radius 2 is 2.03 bits per heavy atom. The normalized spacial score (nSPS) is 21.0. The Bertz CT molecular complexity index is 1220. The second-order valence-corrected chi connectivity index (χ2v) is 12.3. The molecule has 8 nitrogen and oxygen atoms in total. The van der Waals surface area contributed by atoms with E-state index < -0.39 is 9.84 Å². The summed E-state index contributed by atoms with van der Waals surface area (Å²) in [5.41, 5.74) is 7.70. The molecule has 11 heteroatoms. The number of hydrogen-bond donors (Lipinski definition) is 1. The maximum absolute atomic E-state index is 11.8. The minimum atomic E-state index is -2.96. The number of thioether (sulfide) groups is 1. The van der Waals surface area contributed by atoms with Crippen molar-refractivity contribution in [2.45, 2.75) is 55.4 Å². The van der Waals surface area contributed by atoms with Crippen LogP contribution in [0.4, 0.5) is 5.82 Å². The lowest BCUT2D eigenvalue weighted by molar-refractivity contribution is 0.599. The van der Waals surface area contributed by atoms with Crippen molar-refractivity contribution in [3.63, 3.8) is 0 Å². The third-order valence-electron chi connectivity index (χ3n) is 5.94. The van der Waals surface area contributed by atoms with Crippen molar-refractivity contribution in [2.75, 3.05) is 17.2 Å². The van der Waals surface area contributed by atoms with Gasteiger partial charge < -0.3 is 10.3 Å². The molecule has 1 fully saturated rings. The van der Waals surface area contributed by atoms with Crippen molar-refractivity contribution < 1.29 is 8.42 Å². The minimum Gasteiger partial charge on any atom is -0.383 e. The molecule has 30 heavy (non-hydrogen) atoms. The van der Waals surface area contributed by atoms with Crippen molar-refractivity contribution >= 4 is 49.0 Å². The van der Waals surface area contributed by atoms with E-state index in [4.69, 9.17) is 10.7 Å². The Labute approximate surface area is 183 Å². The lowest BCUT2D eigenvalue weighted by atomic mass is 10.1. The summed E-state index contributed by atoms with van der Waals surface area (Å²) in [5.74, 6) is 2.84. The maximum atomic E-state index is 11.8. The molecule has 1 aliphatic heterocycles. The molecule has 0 amide bonds. The van der Waals surface area contributed by atoms with Crippen LogP contribution in [0, 0.1) is 0 Å². The minimum absolute atomic E-state index is 0.0772. The fourth-order valence-electron chi connectivity index (χ4n) is 4.41. The number of sulfone groups is 1. The summed E-state index contributed by atoms with van der Waals surface area (Å²) >= 11 is 3.26. The van der Waals surface area contributed by atoms with E-state index in [-0.39, 0.29) is 17.4 Å². The number of hydrogen-bond acceptors (Lipinski definition) is 9. The van der Waals surface area contributed by atoms with Crippen LogP contribution in [0.3, 0.4) is 0 Å². The zero-order valence-electron chi connectivity index (χ0n) is 16.8. The first-order valence-electron chi connectivity index (χ1n) is 10.2. The summed E-state index contributed by atoms with van der Waals surface area (Å²) < 4.78 is 25.5. The molecule has 1 saturated heterocycles. The SMILES string of the molecule is Cn1c(SCc2nc(N)c3c4c(sc3n2)CCCCC4)nnc1C1CCS(=O)(=O)C1. The van der Waals surface area contributed by atoms with Crippen LogP contribution in [-0.4, -0.2) is 44.7 Å². The Morgan fingerprint density at radius 3 is 2.83 bits per heavy atom. The Kier molecular flexibility index (Phi) is 5.22. The highest BCUT2D eigenvalue weighted by Crippen LogP contribution is 2.37. The first-order valence-corrected chi connectivity index (χ1v) is 13.8. The molecular formula is C19H24N6O2S3. The molecule has 4 heterocycles. The summed E-state index contributed by atoms with van der Waals surface area (Å²) in [5, 5.41) is 10.3. The van der Waals surface area contributed by atoms with Gasteiger partial charge in [-0.1, -0.05) is 18.2 Å². The molecule has 2 N–H and O–H groups in total. The van der Waals surface area contributed by atoms with Crippen molar-refractivity contribution in [2.24, 2.45) is 7.05 Å². The molecule has 3 aromatic rings. The van der Waals surface area contributed by atoms with Gasteiger partial charge in [0.05, 0.1) is 22.6 Å². The summed E-state index contributed by atoms with van der Waals surface area (Å²) in [6, 6.07) is 0. The van der Waals surface area contributed by atoms with Crippen molar-refractivity contribution in [3.8, 4) is 0 Å². The van der Waals surface area contributed by atoms with Crippen LogP contribution in [-0.2, 0) is 35.5 Å². The number of nitrogens with two attached hydrogens (primary N) is 1. The number of nitrogen functional groups attached to an aromatic ring is 1. The molecule has 1 atom stereocenters. The third kappa shape index (κ3) is 3.71. The standard InChI is InChI=1S/C19H24N6O2S3/c1-25-17(11-7-8-30(26,27)10-11)23-24-19(25)28-9-14-21-16(20)15-12-5-3-2-4-6-13(12)29-18(15)22-14/h11H,2-10H2,1H3,(H2,20,21,22).